The molecule has 31 heavy (non-hydrogen) atoms. The van der Waals surface area contributed by atoms with Crippen LogP contribution in [0, 0.1) is 0 Å². The van der Waals surface area contributed by atoms with Gasteiger partial charge in [0, 0.05) is 5.02 Å². The minimum absolute atomic E-state index is 0.128. The van der Waals surface area contributed by atoms with Crippen LogP contribution in [0.25, 0.3) is 6.08 Å². The number of hydrogen-bond donors (Lipinski definition) is 1. The van der Waals surface area contributed by atoms with Gasteiger partial charge < -0.3 is 19.5 Å². The Bertz CT molecular complexity index is 1020. The molecule has 1 N–H and O–H groups in total. The first kappa shape index (κ1) is 22.2. The summed E-state index contributed by atoms with van der Waals surface area (Å²) in [7, 11) is 1.46. The smallest absolute Gasteiger partial charge is 0.344 e. The average Bonchev–Trinajstić information content (AvgIpc) is 3.01. The van der Waals surface area contributed by atoms with Gasteiger partial charge in [-0.05, 0) is 48.4 Å². The van der Waals surface area contributed by atoms with Crippen LogP contribution in [0.4, 0.5) is 4.79 Å². The predicted octanol–water partition coefficient (Wildman–Crippen LogP) is 3.38. The molecule has 1 aliphatic heterocycles. The molecular weight excluding hydrogens is 424 g/mol. The molecule has 2 aromatic rings. The van der Waals surface area contributed by atoms with Gasteiger partial charge in [0.15, 0.2) is 18.1 Å². The van der Waals surface area contributed by atoms with E-state index in [1.807, 2.05) is 0 Å². The number of amides is 3. The van der Waals surface area contributed by atoms with Gasteiger partial charge in [0.25, 0.3) is 5.91 Å². The molecule has 0 radical (unpaired) electrons. The third-order valence-corrected chi connectivity index (χ3v) is 4.62. The SMILES string of the molecule is CCOC(=O)COc1ccc(C=C2NC(=O)N(Cc3ccc(Cl)cc3)C2=O)cc1OC. The number of benzene rings is 2. The molecule has 0 aliphatic carbocycles. The molecule has 0 saturated carbocycles. The van der Waals surface area contributed by atoms with E-state index in [-0.39, 0.29) is 25.5 Å². The number of hydrogen-bond acceptors (Lipinski definition) is 6. The van der Waals surface area contributed by atoms with Crippen LogP contribution >= 0.6 is 11.6 Å². The number of carbonyl (C=O) groups is 3. The summed E-state index contributed by atoms with van der Waals surface area (Å²) in [5.41, 5.74) is 1.53. The minimum atomic E-state index is -0.507. The zero-order chi connectivity index (χ0) is 22.4. The summed E-state index contributed by atoms with van der Waals surface area (Å²) >= 11 is 5.87. The lowest BCUT2D eigenvalue weighted by atomic mass is 10.1. The zero-order valence-electron chi connectivity index (χ0n) is 17.0. The lowest BCUT2D eigenvalue weighted by Crippen LogP contribution is -2.30. The lowest BCUT2D eigenvalue weighted by molar-refractivity contribution is -0.145. The monoisotopic (exact) mass is 444 g/mol. The van der Waals surface area contributed by atoms with Gasteiger partial charge in [-0.3, -0.25) is 9.69 Å². The molecule has 0 bridgehead atoms. The highest BCUT2D eigenvalue weighted by molar-refractivity contribution is 6.30. The molecule has 3 rings (SSSR count). The second kappa shape index (κ2) is 9.99. The number of rotatable bonds is 8. The van der Waals surface area contributed by atoms with Crippen LogP contribution in [0.5, 0.6) is 11.5 Å². The number of imide groups is 1. The number of nitrogens with zero attached hydrogens (tertiary/aromatic N) is 1. The molecular formula is C22H21ClN2O6. The lowest BCUT2D eigenvalue weighted by Gasteiger charge is -2.12. The van der Waals surface area contributed by atoms with Crippen molar-refractivity contribution in [2.75, 3.05) is 20.3 Å². The number of esters is 1. The Morgan fingerprint density at radius 1 is 1.13 bits per heavy atom. The first-order valence-electron chi connectivity index (χ1n) is 9.46. The van der Waals surface area contributed by atoms with Crippen LogP contribution < -0.4 is 14.8 Å². The fourth-order valence-electron chi connectivity index (χ4n) is 2.89. The Balaban J connectivity index is 1.73. The summed E-state index contributed by atoms with van der Waals surface area (Å²) in [5, 5.41) is 3.15. The molecule has 162 valence electrons. The van der Waals surface area contributed by atoms with Crippen LogP contribution in [-0.2, 0) is 20.9 Å². The highest BCUT2D eigenvalue weighted by Crippen LogP contribution is 2.29. The molecule has 2 aromatic carbocycles. The van der Waals surface area contributed by atoms with E-state index in [2.05, 4.69) is 5.32 Å². The molecule has 1 fully saturated rings. The normalized spacial score (nSPS) is 14.5. The summed E-state index contributed by atoms with van der Waals surface area (Å²) in [5.74, 6) is -0.213. The predicted molar refractivity (Wildman–Crippen MR) is 114 cm³/mol. The first-order chi connectivity index (χ1) is 14.9. The minimum Gasteiger partial charge on any atom is -0.493 e. The molecule has 1 heterocycles. The molecule has 8 nitrogen and oxygen atoms in total. The van der Waals surface area contributed by atoms with Crippen molar-refractivity contribution in [3.05, 3.63) is 64.3 Å². The number of halogens is 1. The molecule has 0 spiro atoms. The van der Waals surface area contributed by atoms with Gasteiger partial charge in [-0.15, -0.1) is 0 Å². The van der Waals surface area contributed by atoms with Crippen molar-refractivity contribution in [1.82, 2.24) is 10.2 Å². The van der Waals surface area contributed by atoms with Crippen molar-refractivity contribution in [1.29, 1.82) is 0 Å². The van der Waals surface area contributed by atoms with Gasteiger partial charge in [-0.2, -0.15) is 0 Å². The van der Waals surface area contributed by atoms with Gasteiger partial charge in [0.05, 0.1) is 20.3 Å². The van der Waals surface area contributed by atoms with Crippen molar-refractivity contribution in [3.63, 3.8) is 0 Å². The number of methoxy groups -OCH3 is 1. The number of carbonyl (C=O) groups excluding carboxylic acids is 3. The Morgan fingerprint density at radius 3 is 2.55 bits per heavy atom. The average molecular weight is 445 g/mol. The van der Waals surface area contributed by atoms with E-state index >= 15 is 0 Å². The third-order valence-electron chi connectivity index (χ3n) is 4.37. The highest BCUT2D eigenvalue weighted by atomic mass is 35.5. The summed E-state index contributed by atoms with van der Waals surface area (Å²) in [4.78, 5) is 37.6. The maximum absolute atomic E-state index is 12.7. The van der Waals surface area contributed by atoms with E-state index in [1.54, 1.807) is 55.5 Å². The van der Waals surface area contributed by atoms with E-state index < -0.39 is 17.9 Å². The third kappa shape index (κ3) is 5.55. The standard InChI is InChI=1S/C22H21ClN2O6/c1-3-30-20(26)13-31-18-9-6-15(11-19(18)29-2)10-17-21(27)25(22(28)24-17)12-14-4-7-16(23)8-5-14/h4-11H,3,12-13H2,1-2H3,(H,24,28). The second-order valence-electron chi connectivity index (χ2n) is 6.51. The van der Waals surface area contributed by atoms with E-state index in [1.165, 1.54) is 7.11 Å². The van der Waals surface area contributed by atoms with Gasteiger partial charge >= 0.3 is 12.0 Å². The molecule has 1 aliphatic rings. The Labute approximate surface area is 184 Å². The Hall–Kier alpha value is -3.52. The van der Waals surface area contributed by atoms with Gasteiger partial charge in [0.1, 0.15) is 5.70 Å². The van der Waals surface area contributed by atoms with Crippen LogP contribution in [0.1, 0.15) is 18.1 Å². The Morgan fingerprint density at radius 2 is 1.87 bits per heavy atom. The zero-order valence-corrected chi connectivity index (χ0v) is 17.8. The molecule has 0 aromatic heterocycles. The summed E-state index contributed by atoms with van der Waals surface area (Å²) in [6.07, 6.45) is 1.54. The van der Waals surface area contributed by atoms with E-state index in [4.69, 9.17) is 25.8 Å². The second-order valence-corrected chi connectivity index (χ2v) is 6.95. The van der Waals surface area contributed by atoms with Crippen LogP contribution in [0.15, 0.2) is 48.2 Å². The molecule has 1 saturated heterocycles. The molecule has 0 unspecified atom stereocenters. The molecule has 3 amide bonds. The highest BCUT2D eigenvalue weighted by Gasteiger charge is 2.33. The van der Waals surface area contributed by atoms with Crippen molar-refractivity contribution in [3.8, 4) is 11.5 Å². The van der Waals surface area contributed by atoms with Gasteiger partial charge in [0.2, 0.25) is 0 Å². The summed E-state index contributed by atoms with van der Waals surface area (Å²) in [6, 6.07) is 11.3. The van der Waals surface area contributed by atoms with Crippen LogP contribution in [0.3, 0.4) is 0 Å². The van der Waals surface area contributed by atoms with Gasteiger partial charge in [-0.1, -0.05) is 29.8 Å². The number of urea groups is 1. The fourth-order valence-corrected chi connectivity index (χ4v) is 3.01. The van der Waals surface area contributed by atoms with Crippen molar-refractivity contribution in [2.24, 2.45) is 0 Å². The van der Waals surface area contributed by atoms with Crippen molar-refractivity contribution < 1.29 is 28.6 Å². The van der Waals surface area contributed by atoms with Crippen LogP contribution in [-0.4, -0.2) is 43.1 Å². The van der Waals surface area contributed by atoms with Crippen molar-refractivity contribution in [2.45, 2.75) is 13.5 Å². The van der Waals surface area contributed by atoms with Crippen LogP contribution in [0.2, 0.25) is 5.02 Å². The summed E-state index contributed by atoms with van der Waals surface area (Å²) < 4.78 is 15.6. The maximum atomic E-state index is 12.7. The fraction of sp³-hybridized carbons (Fsp3) is 0.227. The molecule has 0 atom stereocenters. The largest absolute Gasteiger partial charge is 0.493 e. The number of nitrogens with one attached hydrogen (secondary N) is 1. The van der Waals surface area contributed by atoms with E-state index in [9.17, 15) is 14.4 Å². The first-order valence-corrected chi connectivity index (χ1v) is 9.84. The summed E-state index contributed by atoms with van der Waals surface area (Å²) in [6.45, 7) is 1.85. The quantitative estimate of drug-likeness (QED) is 0.381. The molecule has 9 heteroatoms. The number of ether oxygens (including phenoxy) is 3. The topological polar surface area (TPSA) is 94.2 Å². The Kier molecular flexibility index (Phi) is 7.15. The van der Waals surface area contributed by atoms with Gasteiger partial charge in [-0.25, -0.2) is 9.59 Å². The maximum Gasteiger partial charge on any atom is 0.344 e. The van der Waals surface area contributed by atoms with Crippen molar-refractivity contribution >= 4 is 35.6 Å². The van der Waals surface area contributed by atoms with E-state index in [0.29, 0.717) is 22.1 Å². The van der Waals surface area contributed by atoms with E-state index in [0.717, 1.165) is 10.5 Å².